The zero-order valence-electron chi connectivity index (χ0n) is 9.77. The van der Waals surface area contributed by atoms with Gasteiger partial charge < -0.3 is 9.84 Å². The van der Waals surface area contributed by atoms with Gasteiger partial charge in [0.1, 0.15) is 0 Å². The van der Waals surface area contributed by atoms with Crippen molar-refractivity contribution in [1.29, 1.82) is 0 Å². The van der Waals surface area contributed by atoms with E-state index in [9.17, 15) is 0 Å². The van der Waals surface area contributed by atoms with Crippen molar-refractivity contribution in [2.24, 2.45) is 0 Å². The minimum Gasteiger partial charge on any atom is -0.339 e. The first-order valence-electron chi connectivity index (χ1n) is 5.53. The Morgan fingerprint density at radius 2 is 2.38 bits per heavy atom. The average Bonchev–Trinajstić information content (AvgIpc) is 2.87. The van der Waals surface area contributed by atoms with Crippen LogP contribution in [0.15, 0.2) is 4.52 Å². The van der Waals surface area contributed by atoms with Crippen molar-refractivity contribution in [2.45, 2.75) is 32.4 Å². The van der Waals surface area contributed by atoms with E-state index in [2.05, 4.69) is 20.4 Å². The Bertz CT molecular complexity index is 318. The lowest BCUT2D eigenvalue weighted by atomic mass is 10.3. The molecule has 0 saturated carbocycles. The molecular weight excluding hydrogens is 228 g/mol. The molecule has 0 aliphatic carbocycles. The second kappa shape index (κ2) is 6.18. The van der Waals surface area contributed by atoms with Crippen LogP contribution in [0.3, 0.4) is 0 Å². The third kappa shape index (κ3) is 3.17. The van der Waals surface area contributed by atoms with Gasteiger partial charge in [-0.25, -0.2) is 0 Å². The van der Waals surface area contributed by atoms with Gasteiger partial charge in [0.2, 0.25) is 5.89 Å². The summed E-state index contributed by atoms with van der Waals surface area (Å²) in [6, 6.07) is 0.613. The summed E-state index contributed by atoms with van der Waals surface area (Å²) < 4.78 is 5.07. The van der Waals surface area contributed by atoms with Crippen molar-refractivity contribution >= 4 is 12.4 Å². The van der Waals surface area contributed by atoms with Crippen LogP contribution in [0.1, 0.15) is 25.1 Å². The number of likely N-dealkylation sites (tertiary alicyclic amines) is 1. The number of hydrogen-bond acceptors (Lipinski definition) is 5. The van der Waals surface area contributed by atoms with Crippen LogP contribution in [0.25, 0.3) is 0 Å². The van der Waals surface area contributed by atoms with Gasteiger partial charge in [0.15, 0.2) is 5.82 Å². The van der Waals surface area contributed by atoms with Gasteiger partial charge in [-0.2, -0.15) is 4.98 Å². The number of likely N-dealkylation sites (N-methyl/N-ethyl adjacent to an activating group) is 1. The predicted molar refractivity (Wildman–Crippen MR) is 63.7 cm³/mol. The van der Waals surface area contributed by atoms with E-state index in [-0.39, 0.29) is 12.4 Å². The zero-order valence-corrected chi connectivity index (χ0v) is 10.6. The fourth-order valence-electron chi connectivity index (χ4n) is 1.91. The van der Waals surface area contributed by atoms with Crippen LogP contribution in [-0.4, -0.2) is 41.2 Å². The molecule has 16 heavy (non-hydrogen) atoms. The van der Waals surface area contributed by atoms with Gasteiger partial charge in [0.25, 0.3) is 0 Å². The highest BCUT2D eigenvalue weighted by molar-refractivity contribution is 5.85. The molecule has 1 aromatic heterocycles. The highest BCUT2D eigenvalue weighted by Crippen LogP contribution is 2.11. The molecule has 2 heterocycles. The molecule has 1 unspecified atom stereocenters. The van der Waals surface area contributed by atoms with Crippen LogP contribution in [-0.2, 0) is 13.0 Å². The second-order valence-electron chi connectivity index (χ2n) is 3.97. The van der Waals surface area contributed by atoms with Gasteiger partial charge >= 0.3 is 0 Å². The number of hydrogen-bond donors (Lipinski definition) is 1. The molecule has 92 valence electrons. The minimum atomic E-state index is 0. The van der Waals surface area contributed by atoms with Crippen molar-refractivity contribution < 1.29 is 4.52 Å². The van der Waals surface area contributed by atoms with E-state index in [0.29, 0.717) is 6.04 Å². The summed E-state index contributed by atoms with van der Waals surface area (Å²) >= 11 is 0. The van der Waals surface area contributed by atoms with Crippen LogP contribution in [0.4, 0.5) is 0 Å². The first-order valence-corrected chi connectivity index (χ1v) is 5.53. The number of nitrogens with zero attached hydrogens (tertiary/aromatic N) is 3. The first-order chi connectivity index (χ1) is 7.31. The lowest BCUT2D eigenvalue weighted by Crippen LogP contribution is -2.29. The summed E-state index contributed by atoms with van der Waals surface area (Å²) in [5.74, 6) is 1.54. The normalized spacial score (nSPS) is 21.0. The summed E-state index contributed by atoms with van der Waals surface area (Å²) in [5.41, 5.74) is 0. The quantitative estimate of drug-likeness (QED) is 0.854. The van der Waals surface area contributed by atoms with Gasteiger partial charge in [-0.3, -0.25) is 4.90 Å². The standard InChI is InChI=1S/C10H18N4O.ClH/c1-3-10-12-9(13-15-10)7-14-5-4-8(6-14)11-2;/h8,11H,3-7H2,1-2H3;1H. The Morgan fingerprint density at radius 1 is 1.56 bits per heavy atom. The number of halogens is 1. The van der Waals surface area contributed by atoms with Crippen LogP contribution in [0.5, 0.6) is 0 Å². The van der Waals surface area contributed by atoms with Gasteiger partial charge in [-0.1, -0.05) is 12.1 Å². The Morgan fingerprint density at radius 3 is 2.94 bits per heavy atom. The van der Waals surface area contributed by atoms with Crippen molar-refractivity contribution in [2.75, 3.05) is 20.1 Å². The third-order valence-electron chi connectivity index (χ3n) is 2.86. The van der Waals surface area contributed by atoms with Crippen molar-refractivity contribution in [3.63, 3.8) is 0 Å². The molecule has 1 aliphatic heterocycles. The molecule has 0 aromatic carbocycles. The summed E-state index contributed by atoms with van der Waals surface area (Å²) in [7, 11) is 2.01. The topological polar surface area (TPSA) is 54.2 Å². The molecule has 0 amide bonds. The third-order valence-corrected chi connectivity index (χ3v) is 2.86. The maximum atomic E-state index is 5.07. The summed E-state index contributed by atoms with van der Waals surface area (Å²) in [4.78, 5) is 6.66. The fourth-order valence-corrected chi connectivity index (χ4v) is 1.91. The molecule has 1 fully saturated rings. The molecule has 2 rings (SSSR count). The molecule has 5 nitrogen and oxygen atoms in total. The molecule has 1 saturated heterocycles. The van der Waals surface area contributed by atoms with Crippen LogP contribution < -0.4 is 5.32 Å². The van der Waals surface area contributed by atoms with Crippen LogP contribution in [0, 0.1) is 0 Å². The van der Waals surface area contributed by atoms with Crippen LogP contribution in [0.2, 0.25) is 0 Å². The molecule has 1 atom stereocenters. The van der Waals surface area contributed by atoms with Gasteiger partial charge in [0.05, 0.1) is 6.54 Å². The lowest BCUT2D eigenvalue weighted by Gasteiger charge is -2.12. The van der Waals surface area contributed by atoms with Crippen molar-refractivity contribution in [1.82, 2.24) is 20.4 Å². The Hall–Kier alpha value is -0.650. The molecule has 1 aliphatic rings. The van der Waals surface area contributed by atoms with Crippen molar-refractivity contribution in [3.8, 4) is 0 Å². The molecule has 1 aromatic rings. The largest absolute Gasteiger partial charge is 0.339 e. The predicted octanol–water partition coefficient (Wildman–Crippen LogP) is 0.847. The summed E-state index contributed by atoms with van der Waals surface area (Å²) in [5, 5.41) is 7.24. The SMILES string of the molecule is CCc1nc(CN2CCC(NC)C2)no1.Cl. The molecule has 0 radical (unpaired) electrons. The second-order valence-corrected chi connectivity index (χ2v) is 3.97. The van der Waals surface area contributed by atoms with Crippen LogP contribution >= 0.6 is 12.4 Å². The Labute approximate surface area is 102 Å². The van der Waals surface area contributed by atoms with Crippen molar-refractivity contribution in [3.05, 3.63) is 11.7 Å². The van der Waals surface area contributed by atoms with E-state index in [1.54, 1.807) is 0 Å². The summed E-state index contributed by atoms with van der Waals surface area (Å²) in [6.45, 7) is 5.01. The smallest absolute Gasteiger partial charge is 0.226 e. The number of nitrogens with one attached hydrogen (secondary N) is 1. The van der Waals surface area contributed by atoms with Gasteiger partial charge in [-0.05, 0) is 13.5 Å². The molecule has 0 bridgehead atoms. The fraction of sp³-hybridized carbons (Fsp3) is 0.800. The maximum Gasteiger partial charge on any atom is 0.226 e. The lowest BCUT2D eigenvalue weighted by molar-refractivity contribution is 0.303. The number of aromatic nitrogens is 2. The summed E-state index contributed by atoms with van der Waals surface area (Å²) in [6.07, 6.45) is 2.02. The molecule has 1 N–H and O–H groups in total. The van der Waals surface area contributed by atoms with E-state index < -0.39 is 0 Å². The first kappa shape index (κ1) is 13.4. The monoisotopic (exact) mass is 246 g/mol. The molecule has 6 heteroatoms. The molecule has 0 spiro atoms. The molecular formula is C10H19ClN4O. The van der Waals surface area contributed by atoms with E-state index in [1.165, 1.54) is 6.42 Å². The zero-order chi connectivity index (χ0) is 10.7. The number of rotatable bonds is 4. The minimum absolute atomic E-state index is 0. The van der Waals surface area contributed by atoms with E-state index in [4.69, 9.17) is 4.52 Å². The maximum absolute atomic E-state index is 5.07. The Kier molecular flexibility index (Phi) is 5.18. The highest BCUT2D eigenvalue weighted by Gasteiger charge is 2.22. The Balaban J connectivity index is 0.00000128. The van der Waals surface area contributed by atoms with Gasteiger partial charge in [-0.15, -0.1) is 12.4 Å². The highest BCUT2D eigenvalue weighted by atomic mass is 35.5. The van der Waals surface area contributed by atoms with E-state index in [1.807, 2.05) is 14.0 Å². The average molecular weight is 247 g/mol. The van der Waals surface area contributed by atoms with Gasteiger partial charge in [0, 0.05) is 25.6 Å². The van der Waals surface area contributed by atoms with E-state index >= 15 is 0 Å². The van der Waals surface area contributed by atoms with E-state index in [0.717, 1.165) is 37.8 Å². The number of aryl methyl sites for hydroxylation is 1.